The molecule has 0 aliphatic carbocycles. The molecule has 0 heterocycles. The number of likely N-dealkylation sites (N-methyl/N-ethyl adjacent to an activating group) is 2. The highest BCUT2D eigenvalue weighted by Gasteiger charge is 1.98. The van der Waals surface area contributed by atoms with Crippen LogP contribution in [0.25, 0.3) is 0 Å². The van der Waals surface area contributed by atoms with Crippen molar-refractivity contribution in [3.8, 4) is 0 Å². The van der Waals surface area contributed by atoms with Crippen LogP contribution in [0.2, 0.25) is 0 Å². The Balaban J connectivity index is 3.29. The molecule has 0 rings (SSSR count). The van der Waals surface area contributed by atoms with Gasteiger partial charge >= 0.3 is 0 Å². The lowest BCUT2D eigenvalue weighted by atomic mass is 10.5. The quantitative estimate of drug-likeness (QED) is 0.523. The fraction of sp³-hybridized carbons (Fsp3) is 1.00. The third-order valence-electron chi connectivity index (χ3n) is 1.45. The van der Waals surface area contributed by atoms with Crippen molar-refractivity contribution < 1.29 is 0 Å². The molecule has 0 atom stereocenters. The Morgan fingerprint density at radius 1 is 0.727 bits per heavy atom. The third-order valence-corrected chi connectivity index (χ3v) is 1.45. The SMILES string of the molecule is CN(C)CCN(C)CN(C)C. The molecule has 0 radical (unpaired) electrons. The van der Waals surface area contributed by atoms with Crippen LogP contribution in [-0.2, 0) is 0 Å². The number of rotatable bonds is 5. The normalized spacial score (nSPS) is 12.0. The summed E-state index contributed by atoms with van der Waals surface area (Å²) >= 11 is 0. The van der Waals surface area contributed by atoms with Gasteiger partial charge in [-0.25, -0.2) is 0 Å². The van der Waals surface area contributed by atoms with Crippen LogP contribution in [0.3, 0.4) is 0 Å². The van der Waals surface area contributed by atoms with Crippen LogP contribution in [0.5, 0.6) is 0 Å². The Morgan fingerprint density at radius 3 is 1.64 bits per heavy atom. The molecular weight excluding hydrogens is 138 g/mol. The van der Waals surface area contributed by atoms with Crippen molar-refractivity contribution in [1.29, 1.82) is 0 Å². The molecule has 3 heteroatoms. The maximum Gasteiger partial charge on any atom is 0.0498 e. The summed E-state index contributed by atoms with van der Waals surface area (Å²) < 4.78 is 0. The summed E-state index contributed by atoms with van der Waals surface area (Å²) in [5.41, 5.74) is 0. The van der Waals surface area contributed by atoms with Crippen LogP contribution in [0, 0.1) is 0 Å². The van der Waals surface area contributed by atoms with Crippen molar-refractivity contribution in [3.63, 3.8) is 0 Å². The molecule has 0 aliphatic rings. The number of hydrogen-bond donors (Lipinski definition) is 0. The number of nitrogens with zero attached hydrogens (tertiary/aromatic N) is 3. The average Bonchev–Trinajstić information content (AvgIpc) is 1.82. The first-order chi connectivity index (χ1) is 5.02. The molecule has 0 aliphatic heterocycles. The van der Waals surface area contributed by atoms with Crippen LogP contribution in [-0.4, -0.2) is 69.7 Å². The highest BCUT2D eigenvalue weighted by atomic mass is 15.3. The van der Waals surface area contributed by atoms with Gasteiger partial charge in [0.2, 0.25) is 0 Å². The molecule has 0 amide bonds. The van der Waals surface area contributed by atoms with E-state index in [-0.39, 0.29) is 0 Å². The van der Waals surface area contributed by atoms with E-state index < -0.39 is 0 Å². The van der Waals surface area contributed by atoms with Crippen LogP contribution in [0.4, 0.5) is 0 Å². The van der Waals surface area contributed by atoms with E-state index in [4.69, 9.17) is 0 Å². The van der Waals surface area contributed by atoms with Gasteiger partial charge in [-0.05, 0) is 35.2 Å². The molecule has 68 valence electrons. The molecular formula is C8H21N3. The van der Waals surface area contributed by atoms with Crippen LogP contribution >= 0.6 is 0 Å². The Labute approximate surface area is 70.6 Å². The first-order valence-corrected chi connectivity index (χ1v) is 4.00. The second-order valence-electron chi connectivity index (χ2n) is 3.60. The molecule has 0 unspecified atom stereocenters. The van der Waals surface area contributed by atoms with Gasteiger partial charge in [0.1, 0.15) is 0 Å². The van der Waals surface area contributed by atoms with Crippen molar-refractivity contribution >= 4 is 0 Å². The Bertz CT molecular complexity index is 91.3. The van der Waals surface area contributed by atoms with Gasteiger partial charge in [-0.2, -0.15) is 0 Å². The first-order valence-electron chi connectivity index (χ1n) is 4.00. The molecule has 0 bridgehead atoms. The molecule has 0 aromatic heterocycles. The molecule has 0 fully saturated rings. The van der Waals surface area contributed by atoms with Crippen molar-refractivity contribution in [1.82, 2.24) is 14.7 Å². The van der Waals surface area contributed by atoms with E-state index in [9.17, 15) is 0 Å². The smallest absolute Gasteiger partial charge is 0.0498 e. The van der Waals surface area contributed by atoms with E-state index in [1.165, 1.54) is 0 Å². The summed E-state index contributed by atoms with van der Waals surface area (Å²) in [5.74, 6) is 0. The lowest BCUT2D eigenvalue weighted by molar-refractivity contribution is 0.195. The third kappa shape index (κ3) is 7.78. The summed E-state index contributed by atoms with van der Waals surface area (Å²) in [7, 11) is 10.5. The van der Waals surface area contributed by atoms with Gasteiger partial charge in [0.15, 0.2) is 0 Å². The second kappa shape index (κ2) is 5.52. The predicted molar refractivity (Wildman–Crippen MR) is 49.7 cm³/mol. The van der Waals surface area contributed by atoms with Gasteiger partial charge in [0.25, 0.3) is 0 Å². The van der Waals surface area contributed by atoms with Crippen molar-refractivity contribution in [2.75, 3.05) is 55.0 Å². The van der Waals surface area contributed by atoms with Crippen LogP contribution in [0.15, 0.2) is 0 Å². The highest BCUT2D eigenvalue weighted by Crippen LogP contribution is 1.85. The number of hydrogen-bond acceptors (Lipinski definition) is 3. The van der Waals surface area contributed by atoms with E-state index in [1.54, 1.807) is 0 Å². The fourth-order valence-corrected chi connectivity index (χ4v) is 0.924. The molecule has 11 heavy (non-hydrogen) atoms. The summed E-state index contributed by atoms with van der Waals surface area (Å²) in [5, 5.41) is 0. The lowest BCUT2D eigenvalue weighted by Crippen LogP contribution is -2.35. The average molecular weight is 159 g/mol. The first kappa shape index (κ1) is 10.9. The van der Waals surface area contributed by atoms with E-state index >= 15 is 0 Å². The predicted octanol–water partition coefficient (Wildman–Crippen LogP) is -0.00110. The largest absolute Gasteiger partial charge is 0.308 e. The zero-order chi connectivity index (χ0) is 8.85. The molecule has 0 saturated carbocycles. The van der Waals surface area contributed by atoms with Crippen LogP contribution < -0.4 is 0 Å². The monoisotopic (exact) mass is 159 g/mol. The van der Waals surface area contributed by atoms with Crippen molar-refractivity contribution in [3.05, 3.63) is 0 Å². The maximum atomic E-state index is 2.31. The van der Waals surface area contributed by atoms with Gasteiger partial charge in [0, 0.05) is 19.8 Å². The highest BCUT2D eigenvalue weighted by molar-refractivity contribution is 4.51. The van der Waals surface area contributed by atoms with Gasteiger partial charge in [-0.1, -0.05) is 0 Å². The molecule has 0 spiro atoms. The molecule has 0 aromatic carbocycles. The lowest BCUT2D eigenvalue weighted by Gasteiger charge is -2.22. The summed E-state index contributed by atoms with van der Waals surface area (Å²) in [4.78, 5) is 6.68. The Hall–Kier alpha value is -0.120. The topological polar surface area (TPSA) is 9.72 Å². The van der Waals surface area contributed by atoms with Gasteiger partial charge in [-0.3, -0.25) is 9.80 Å². The standard InChI is InChI=1S/C8H21N3/c1-9(2)6-7-11(5)8-10(3)4/h6-8H2,1-5H3. The summed E-state index contributed by atoms with van der Waals surface area (Å²) in [6.45, 7) is 3.30. The second-order valence-corrected chi connectivity index (χ2v) is 3.60. The molecule has 0 N–H and O–H groups in total. The summed E-state index contributed by atoms with van der Waals surface area (Å²) in [6, 6.07) is 0. The Kier molecular flexibility index (Phi) is 5.46. The van der Waals surface area contributed by atoms with Gasteiger partial charge < -0.3 is 4.90 Å². The molecule has 0 aromatic rings. The zero-order valence-corrected chi connectivity index (χ0v) is 8.46. The molecule has 3 nitrogen and oxygen atoms in total. The van der Waals surface area contributed by atoms with Gasteiger partial charge in [0.05, 0.1) is 0 Å². The maximum absolute atomic E-state index is 2.31. The van der Waals surface area contributed by atoms with E-state index in [0.29, 0.717) is 0 Å². The van der Waals surface area contributed by atoms with Crippen LogP contribution in [0.1, 0.15) is 0 Å². The zero-order valence-electron chi connectivity index (χ0n) is 8.46. The minimum atomic E-state index is 1.04. The van der Waals surface area contributed by atoms with Crippen molar-refractivity contribution in [2.24, 2.45) is 0 Å². The molecule has 0 saturated heterocycles. The van der Waals surface area contributed by atoms with Crippen molar-refractivity contribution in [2.45, 2.75) is 0 Å². The Morgan fingerprint density at radius 2 is 1.27 bits per heavy atom. The van der Waals surface area contributed by atoms with E-state index in [1.807, 2.05) is 0 Å². The van der Waals surface area contributed by atoms with Gasteiger partial charge in [-0.15, -0.1) is 0 Å². The van der Waals surface area contributed by atoms with E-state index in [2.05, 4.69) is 49.9 Å². The minimum Gasteiger partial charge on any atom is -0.308 e. The summed E-state index contributed by atoms with van der Waals surface area (Å²) in [6.07, 6.45) is 0. The minimum absolute atomic E-state index is 1.04. The van der Waals surface area contributed by atoms with E-state index in [0.717, 1.165) is 19.8 Å². The fourth-order valence-electron chi connectivity index (χ4n) is 0.924.